The number of anilines is 2. The summed E-state index contributed by atoms with van der Waals surface area (Å²) in [5.74, 6) is 0.268. The smallest absolute Gasteiger partial charge is 0.255 e. The normalized spacial score (nSPS) is 10.5. The molecule has 3 aromatic rings. The maximum Gasteiger partial charge on any atom is 0.255 e. The second-order valence-electron chi connectivity index (χ2n) is 7.13. The van der Waals surface area contributed by atoms with Crippen LogP contribution in [0, 0.1) is 6.92 Å². The van der Waals surface area contributed by atoms with Gasteiger partial charge >= 0.3 is 0 Å². The Morgan fingerprint density at radius 1 is 0.909 bits per heavy atom. The van der Waals surface area contributed by atoms with E-state index in [9.17, 15) is 9.59 Å². The van der Waals surface area contributed by atoms with E-state index in [-0.39, 0.29) is 16.9 Å². The molecule has 33 heavy (non-hydrogen) atoms. The molecule has 0 aliphatic rings. The molecule has 3 N–H and O–H groups in total. The first-order chi connectivity index (χ1) is 15.9. The summed E-state index contributed by atoms with van der Waals surface area (Å²) in [6.07, 6.45) is 3.10. The number of benzene rings is 3. The molecule has 0 saturated carbocycles. The van der Waals surface area contributed by atoms with E-state index in [1.807, 2.05) is 56.3 Å². The van der Waals surface area contributed by atoms with Crippen LogP contribution in [-0.4, -0.2) is 23.5 Å². The molecule has 2 amide bonds. The van der Waals surface area contributed by atoms with Crippen LogP contribution in [0.25, 0.3) is 6.08 Å². The third kappa shape index (κ3) is 7.29. The Kier molecular flexibility index (Phi) is 8.32. The number of ether oxygens (including phenoxy) is 1. The van der Waals surface area contributed by atoms with E-state index in [0.29, 0.717) is 23.5 Å². The summed E-state index contributed by atoms with van der Waals surface area (Å²) in [5, 5.41) is 8.60. The van der Waals surface area contributed by atoms with Gasteiger partial charge in [-0.1, -0.05) is 30.3 Å². The maximum absolute atomic E-state index is 12.4. The van der Waals surface area contributed by atoms with E-state index in [1.54, 1.807) is 36.4 Å². The predicted molar refractivity (Wildman–Crippen MR) is 137 cm³/mol. The highest BCUT2D eigenvalue weighted by molar-refractivity contribution is 7.80. The average Bonchev–Trinajstić information content (AvgIpc) is 2.80. The van der Waals surface area contributed by atoms with Crippen molar-refractivity contribution < 1.29 is 14.3 Å². The molecule has 0 unspecified atom stereocenters. The zero-order valence-electron chi connectivity index (χ0n) is 18.4. The Labute approximate surface area is 198 Å². The second kappa shape index (κ2) is 11.6. The van der Waals surface area contributed by atoms with Crippen LogP contribution in [0.4, 0.5) is 11.4 Å². The van der Waals surface area contributed by atoms with E-state index >= 15 is 0 Å². The van der Waals surface area contributed by atoms with Crippen molar-refractivity contribution in [3.8, 4) is 5.75 Å². The molecule has 3 aromatic carbocycles. The van der Waals surface area contributed by atoms with Gasteiger partial charge in [0.25, 0.3) is 5.91 Å². The molecule has 0 aliphatic heterocycles. The fraction of sp³-hybridized carbons (Fsp3) is 0.115. The lowest BCUT2D eigenvalue weighted by molar-refractivity contribution is -0.115. The number of aryl methyl sites for hydroxylation is 1. The van der Waals surface area contributed by atoms with Crippen LogP contribution in [0.15, 0.2) is 78.9 Å². The van der Waals surface area contributed by atoms with E-state index < -0.39 is 0 Å². The zero-order valence-corrected chi connectivity index (χ0v) is 19.2. The first kappa shape index (κ1) is 23.7. The lowest BCUT2D eigenvalue weighted by Crippen LogP contribution is -2.32. The standard InChI is InChI=1S/C26H25N3O3S/c1-3-32-22-15-8-19(9-16-22)10-17-24(30)29-26(33)28-21-13-11-20(12-14-21)27-25(31)23-7-5-4-6-18(23)2/h4-17H,3H2,1-2H3,(H,27,31)(H2,28,29,30,33)/b17-10+. The number of hydrogen-bond donors (Lipinski definition) is 3. The minimum Gasteiger partial charge on any atom is -0.494 e. The average molecular weight is 460 g/mol. The fourth-order valence-corrected chi connectivity index (χ4v) is 3.21. The van der Waals surface area contributed by atoms with Gasteiger partial charge in [0.1, 0.15) is 5.75 Å². The van der Waals surface area contributed by atoms with Gasteiger partial charge in [-0.15, -0.1) is 0 Å². The quantitative estimate of drug-likeness (QED) is 0.335. The summed E-state index contributed by atoms with van der Waals surface area (Å²) < 4.78 is 5.40. The number of amides is 2. The van der Waals surface area contributed by atoms with Crippen molar-refractivity contribution >= 4 is 46.6 Å². The number of nitrogens with one attached hydrogen (secondary N) is 3. The molecular weight excluding hydrogens is 434 g/mol. The Bertz CT molecular complexity index is 1160. The van der Waals surface area contributed by atoms with E-state index in [0.717, 1.165) is 16.9 Å². The second-order valence-corrected chi connectivity index (χ2v) is 7.53. The first-order valence-corrected chi connectivity index (χ1v) is 10.9. The van der Waals surface area contributed by atoms with Crippen molar-refractivity contribution in [3.63, 3.8) is 0 Å². The molecule has 0 radical (unpaired) electrons. The summed E-state index contributed by atoms with van der Waals surface area (Å²) in [4.78, 5) is 24.5. The SMILES string of the molecule is CCOc1ccc(/C=C/C(=O)NC(=S)Nc2ccc(NC(=O)c3ccccc3C)cc2)cc1. The van der Waals surface area contributed by atoms with Crippen molar-refractivity contribution in [2.24, 2.45) is 0 Å². The molecule has 6 nitrogen and oxygen atoms in total. The lowest BCUT2D eigenvalue weighted by Gasteiger charge is -2.10. The zero-order chi connectivity index (χ0) is 23.6. The van der Waals surface area contributed by atoms with Crippen LogP contribution in [0.2, 0.25) is 0 Å². The topological polar surface area (TPSA) is 79.5 Å². The Morgan fingerprint density at radius 3 is 2.18 bits per heavy atom. The van der Waals surface area contributed by atoms with Crippen LogP contribution in [0.5, 0.6) is 5.75 Å². The van der Waals surface area contributed by atoms with Gasteiger partial charge in [0.2, 0.25) is 5.91 Å². The van der Waals surface area contributed by atoms with Gasteiger partial charge in [-0.3, -0.25) is 14.9 Å². The molecule has 0 heterocycles. The number of hydrogen-bond acceptors (Lipinski definition) is 4. The molecule has 0 fully saturated rings. The molecular formula is C26H25N3O3S. The van der Waals surface area contributed by atoms with Crippen LogP contribution >= 0.6 is 12.2 Å². The Balaban J connectivity index is 1.49. The monoisotopic (exact) mass is 459 g/mol. The van der Waals surface area contributed by atoms with Crippen molar-refractivity contribution in [2.75, 3.05) is 17.2 Å². The number of carbonyl (C=O) groups is 2. The van der Waals surface area contributed by atoms with Crippen molar-refractivity contribution in [2.45, 2.75) is 13.8 Å². The van der Waals surface area contributed by atoms with E-state index in [2.05, 4.69) is 16.0 Å². The van der Waals surface area contributed by atoms with Crippen LogP contribution in [0.3, 0.4) is 0 Å². The minimum absolute atomic E-state index is 0.170. The van der Waals surface area contributed by atoms with Crippen molar-refractivity contribution in [1.82, 2.24) is 5.32 Å². The molecule has 7 heteroatoms. The highest BCUT2D eigenvalue weighted by Crippen LogP contribution is 2.16. The summed E-state index contributed by atoms with van der Waals surface area (Å²) >= 11 is 5.21. The molecule has 0 atom stereocenters. The van der Waals surface area contributed by atoms with Gasteiger partial charge in [-0.2, -0.15) is 0 Å². The highest BCUT2D eigenvalue weighted by Gasteiger charge is 2.08. The molecule has 0 aromatic heterocycles. The summed E-state index contributed by atoms with van der Waals surface area (Å²) in [7, 11) is 0. The molecule has 168 valence electrons. The molecule has 0 aliphatic carbocycles. The van der Waals surface area contributed by atoms with Crippen LogP contribution < -0.4 is 20.7 Å². The molecule has 0 bridgehead atoms. The van der Waals surface area contributed by atoms with Gasteiger partial charge in [0, 0.05) is 23.0 Å². The van der Waals surface area contributed by atoms with Gasteiger partial charge in [0.05, 0.1) is 6.61 Å². The van der Waals surface area contributed by atoms with Gasteiger partial charge in [-0.25, -0.2) is 0 Å². The maximum atomic E-state index is 12.4. The Hall–Kier alpha value is -3.97. The largest absolute Gasteiger partial charge is 0.494 e. The van der Waals surface area contributed by atoms with E-state index in [1.165, 1.54) is 6.08 Å². The van der Waals surface area contributed by atoms with Crippen LogP contribution in [-0.2, 0) is 4.79 Å². The van der Waals surface area contributed by atoms with Crippen molar-refractivity contribution in [1.29, 1.82) is 0 Å². The molecule has 3 rings (SSSR count). The summed E-state index contributed by atoms with van der Waals surface area (Å²) in [6, 6.07) is 21.9. The predicted octanol–water partition coefficient (Wildman–Crippen LogP) is 5.17. The minimum atomic E-state index is -0.344. The van der Waals surface area contributed by atoms with Gasteiger partial charge in [0.15, 0.2) is 5.11 Å². The highest BCUT2D eigenvalue weighted by atomic mass is 32.1. The van der Waals surface area contributed by atoms with Gasteiger partial charge in [-0.05, 0) is 85.7 Å². The Morgan fingerprint density at radius 2 is 1.55 bits per heavy atom. The fourth-order valence-electron chi connectivity index (χ4n) is 2.99. The van der Waals surface area contributed by atoms with Gasteiger partial charge < -0.3 is 15.4 Å². The molecule has 0 saturated heterocycles. The number of thiocarbonyl (C=S) groups is 1. The third-order valence-corrected chi connectivity index (χ3v) is 4.85. The third-order valence-electron chi connectivity index (χ3n) is 4.65. The molecule has 0 spiro atoms. The van der Waals surface area contributed by atoms with Crippen LogP contribution in [0.1, 0.15) is 28.4 Å². The van der Waals surface area contributed by atoms with E-state index in [4.69, 9.17) is 17.0 Å². The summed E-state index contributed by atoms with van der Waals surface area (Å²) in [6.45, 7) is 4.42. The summed E-state index contributed by atoms with van der Waals surface area (Å²) in [5.41, 5.74) is 3.75. The van der Waals surface area contributed by atoms with Crippen molar-refractivity contribution in [3.05, 3.63) is 95.6 Å². The lowest BCUT2D eigenvalue weighted by atomic mass is 10.1. The number of rotatable bonds is 7. The number of carbonyl (C=O) groups excluding carboxylic acids is 2. The first-order valence-electron chi connectivity index (χ1n) is 10.4.